The summed E-state index contributed by atoms with van der Waals surface area (Å²) in [5.41, 5.74) is 7.37. The van der Waals surface area contributed by atoms with E-state index in [1.165, 1.54) is 27.8 Å². The Morgan fingerprint density at radius 2 is 1.17 bits per heavy atom. The lowest BCUT2D eigenvalue weighted by atomic mass is 10.1. The molecule has 0 amide bonds. The van der Waals surface area contributed by atoms with Gasteiger partial charge in [-0.25, -0.2) is 0 Å². The van der Waals surface area contributed by atoms with Crippen molar-refractivity contribution >= 4 is 28.9 Å². The van der Waals surface area contributed by atoms with Gasteiger partial charge in [0.2, 0.25) is 0 Å². The summed E-state index contributed by atoms with van der Waals surface area (Å²) in [6, 6.07) is 25.4. The van der Waals surface area contributed by atoms with Crippen LogP contribution in [0.25, 0.3) is 16.7 Å². The number of aryl methyl sites for hydroxylation is 1. The lowest BCUT2D eigenvalue weighted by Crippen LogP contribution is -1.83. The second-order valence-electron chi connectivity index (χ2n) is 5.65. The number of fused-ring (bicyclic) bond motifs is 3. The summed E-state index contributed by atoms with van der Waals surface area (Å²) in [6.07, 6.45) is 0. The van der Waals surface area contributed by atoms with E-state index in [4.69, 9.17) is 11.6 Å². The van der Waals surface area contributed by atoms with Crippen LogP contribution >= 0.6 is 23.4 Å². The highest BCUT2D eigenvalue weighted by Gasteiger charge is 2.25. The minimum Gasteiger partial charge on any atom is -0.0771 e. The Bertz CT molecular complexity index is 860. The number of rotatable bonds is 2. The third-order valence-electron chi connectivity index (χ3n) is 4.11. The molecule has 0 N–H and O–H groups in total. The molecule has 1 aliphatic carbocycles. The molecule has 3 aromatic carbocycles. The first-order chi connectivity index (χ1) is 11.2. The van der Waals surface area contributed by atoms with Gasteiger partial charge < -0.3 is 0 Å². The third kappa shape index (κ3) is 2.60. The highest BCUT2D eigenvalue weighted by Crippen LogP contribution is 2.49. The zero-order chi connectivity index (χ0) is 15.8. The van der Waals surface area contributed by atoms with Crippen LogP contribution in [0, 0.1) is 6.92 Å². The lowest BCUT2D eigenvalue weighted by Gasteiger charge is -2.07. The summed E-state index contributed by atoms with van der Waals surface area (Å²) in [5, 5.41) is 0. The van der Waals surface area contributed by atoms with Gasteiger partial charge in [-0.3, -0.25) is 0 Å². The smallest absolute Gasteiger partial charge is 0.0771 e. The van der Waals surface area contributed by atoms with Gasteiger partial charge in [0.1, 0.15) is 0 Å². The predicted molar refractivity (Wildman–Crippen MR) is 101 cm³/mol. The fourth-order valence-electron chi connectivity index (χ4n) is 2.99. The van der Waals surface area contributed by atoms with Gasteiger partial charge in [0.15, 0.2) is 0 Å². The largest absolute Gasteiger partial charge is 0.0867 e. The average Bonchev–Trinajstić information content (AvgIpc) is 2.91. The maximum absolute atomic E-state index is 6.76. The van der Waals surface area contributed by atoms with Gasteiger partial charge in [0, 0.05) is 10.5 Å². The topological polar surface area (TPSA) is 0 Å². The molecule has 0 bridgehead atoms. The number of halogens is 1. The summed E-state index contributed by atoms with van der Waals surface area (Å²) in [5.74, 6) is 0. The summed E-state index contributed by atoms with van der Waals surface area (Å²) < 4.78 is 0.825. The Balaban J connectivity index is 1.85. The average molecular weight is 335 g/mol. The molecule has 23 heavy (non-hydrogen) atoms. The van der Waals surface area contributed by atoms with E-state index < -0.39 is 0 Å². The molecule has 1 aliphatic rings. The molecular formula is C21H15ClS. The summed E-state index contributed by atoms with van der Waals surface area (Å²) in [6.45, 7) is 2.10. The van der Waals surface area contributed by atoms with E-state index in [2.05, 4.69) is 79.7 Å². The fourth-order valence-corrected chi connectivity index (χ4v) is 4.26. The Morgan fingerprint density at radius 3 is 1.70 bits per heavy atom. The van der Waals surface area contributed by atoms with Crippen molar-refractivity contribution in [3.63, 3.8) is 0 Å². The monoisotopic (exact) mass is 334 g/mol. The molecule has 0 aromatic heterocycles. The highest BCUT2D eigenvalue weighted by atomic mass is 35.5. The minimum atomic E-state index is 0.825. The second kappa shape index (κ2) is 5.92. The number of hydrogen-bond donors (Lipinski definition) is 0. The fraction of sp³-hybridized carbons (Fsp3) is 0.0476. The van der Waals surface area contributed by atoms with Gasteiger partial charge in [-0.05, 0) is 41.3 Å². The molecule has 0 atom stereocenters. The third-order valence-corrected chi connectivity index (χ3v) is 5.42. The highest BCUT2D eigenvalue weighted by molar-refractivity contribution is 8.04. The van der Waals surface area contributed by atoms with Gasteiger partial charge >= 0.3 is 0 Å². The zero-order valence-corrected chi connectivity index (χ0v) is 14.3. The molecule has 0 heterocycles. The van der Waals surface area contributed by atoms with Gasteiger partial charge in [-0.2, -0.15) is 0 Å². The molecule has 3 aromatic rings. The van der Waals surface area contributed by atoms with E-state index >= 15 is 0 Å². The van der Waals surface area contributed by atoms with Crippen molar-refractivity contribution in [2.45, 2.75) is 11.8 Å². The number of hydrogen-bond acceptors (Lipinski definition) is 1. The maximum Gasteiger partial charge on any atom is 0.0867 e. The van der Waals surface area contributed by atoms with Crippen LogP contribution in [0.3, 0.4) is 0 Å². The van der Waals surface area contributed by atoms with Crippen molar-refractivity contribution in [2.75, 3.05) is 0 Å². The number of benzene rings is 3. The molecule has 0 spiro atoms. The molecule has 112 valence electrons. The van der Waals surface area contributed by atoms with Gasteiger partial charge in [-0.15, -0.1) is 0 Å². The second-order valence-corrected chi connectivity index (χ2v) is 7.34. The van der Waals surface area contributed by atoms with Crippen LogP contribution in [0.5, 0.6) is 0 Å². The molecule has 4 rings (SSSR count). The van der Waals surface area contributed by atoms with Crippen molar-refractivity contribution in [1.82, 2.24) is 0 Å². The van der Waals surface area contributed by atoms with E-state index in [-0.39, 0.29) is 0 Å². The van der Waals surface area contributed by atoms with Crippen molar-refractivity contribution in [3.05, 3.63) is 93.9 Å². The van der Waals surface area contributed by atoms with E-state index in [1.54, 1.807) is 11.8 Å². The van der Waals surface area contributed by atoms with Gasteiger partial charge in [-0.1, -0.05) is 89.6 Å². The Labute approximate surface area is 145 Å². The molecule has 0 nitrogen and oxygen atoms in total. The maximum atomic E-state index is 6.76. The van der Waals surface area contributed by atoms with Gasteiger partial charge in [0.05, 0.1) is 4.36 Å². The van der Waals surface area contributed by atoms with Crippen molar-refractivity contribution in [3.8, 4) is 11.1 Å². The summed E-state index contributed by atoms with van der Waals surface area (Å²) >= 11 is 8.38. The van der Waals surface area contributed by atoms with Crippen LogP contribution in [0.2, 0.25) is 0 Å². The minimum absolute atomic E-state index is 0.825. The molecular weight excluding hydrogens is 320 g/mol. The van der Waals surface area contributed by atoms with E-state index in [0.29, 0.717) is 0 Å². The Kier molecular flexibility index (Phi) is 3.76. The Morgan fingerprint density at radius 1 is 0.696 bits per heavy atom. The van der Waals surface area contributed by atoms with Crippen molar-refractivity contribution in [2.24, 2.45) is 0 Å². The van der Waals surface area contributed by atoms with Crippen LogP contribution in [-0.4, -0.2) is 0 Å². The quantitative estimate of drug-likeness (QED) is 0.366. The van der Waals surface area contributed by atoms with Gasteiger partial charge in [0.25, 0.3) is 0 Å². The van der Waals surface area contributed by atoms with Crippen LogP contribution in [0.15, 0.2) is 82.1 Å². The van der Waals surface area contributed by atoms with Crippen molar-refractivity contribution < 1.29 is 0 Å². The van der Waals surface area contributed by atoms with Crippen LogP contribution < -0.4 is 0 Å². The van der Waals surface area contributed by atoms with E-state index in [9.17, 15) is 0 Å². The van der Waals surface area contributed by atoms with Crippen LogP contribution in [0.4, 0.5) is 0 Å². The van der Waals surface area contributed by atoms with Crippen LogP contribution in [-0.2, 0) is 0 Å². The zero-order valence-electron chi connectivity index (χ0n) is 12.7. The SMILES string of the molecule is Cc1ccc(SC(Cl)=C2c3ccccc3-c3ccccc32)cc1. The molecule has 2 heteroatoms. The molecule has 0 radical (unpaired) electrons. The molecule has 0 saturated carbocycles. The summed E-state index contributed by atoms with van der Waals surface area (Å²) in [7, 11) is 0. The first-order valence-electron chi connectivity index (χ1n) is 7.57. The predicted octanol–water partition coefficient (Wildman–Crippen LogP) is 6.72. The van der Waals surface area contributed by atoms with Crippen molar-refractivity contribution in [1.29, 1.82) is 0 Å². The first-order valence-corrected chi connectivity index (χ1v) is 8.77. The number of thioether (sulfide) groups is 1. The molecule has 0 saturated heterocycles. The normalized spacial score (nSPS) is 12.0. The van der Waals surface area contributed by atoms with E-state index in [0.717, 1.165) is 14.8 Å². The summed E-state index contributed by atoms with van der Waals surface area (Å²) in [4.78, 5) is 1.16. The molecule has 0 fully saturated rings. The standard InChI is InChI=1S/C21H15ClS/c1-14-10-12-15(13-11-14)23-21(22)20-18-8-4-2-6-16(18)17-7-3-5-9-19(17)20/h2-13H,1H3. The Hall–Kier alpha value is -1.96. The molecule has 0 aliphatic heterocycles. The van der Waals surface area contributed by atoms with E-state index in [1.807, 2.05) is 0 Å². The molecule has 0 unspecified atom stereocenters. The lowest BCUT2D eigenvalue weighted by molar-refractivity contribution is 1.38. The van der Waals surface area contributed by atoms with Crippen LogP contribution in [0.1, 0.15) is 16.7 Å². The first kappa shape index (κ1) is 14.6.